The van der Waals surface area contributed by atoms with Crippen LogP contribution in [-0.2, 0) is 6.42 Å². The van der Waals surface area contributed by atoms with Crippen molar-refractivity contribution in [3.8, 4) is 44.5 Å². The minimum atomic E-state index is 0.204. The van der Waals surface area contributed by atoms with E-state index in [9.17, 15) is 0 Å². The summed E-state index contributed by atoms with van der Waals surface area (Å²) in [6, 6.07) is 84.0. The second-order valence-electron chi connectivity index (χ2n) is 16.7. The Morgan fingerprint density at radius 3 is 1.60 bits per heavy atom. The van der Waals surface area contributed by atoms with E-state index in [0.29, 0.717) is 0 Å². The van der Waals surface area contributed by atoms with Gasteiger partial charge in [0.2, 0.25) is 0 Å². The van der Waals surface area contributed by atoms with E-state index < -0.39 is 0 Å². The number of rotatable bonds is 7. The smallest absolute Gasteiger partial charge is 0.136 e. The van der Waals surface area contributed by atoms with Gasteiger partial charge in [-0.1, -0.05) is 182 Å². The summed E-state index contributed by atoms with van der Waals surface area (Å²) in [4.78, 5) is 2.38. The van der Waals surface area contributed by atoms with Gasteiger partial charge in [-0.25, -0.2) is 0 Å². The van der Waals surface area contributed by atoms with Crippen LogP contribution in [0.5, 0.6) is 0 Å². The van der Waals surface area contributed by atoms with Crippen molar-refractivity contribution < 1.29 is 4.42 Å². The zero-order valence-electron chi connectivity index (χ0n) is 34.8. The summed E-state index contributed by atoms with van der Waals surface area (Å²) < 4.78 is 6.69. The van der Waals surface area contributed by atoms with Gasteiger partial charge in [-0.05, 0) is 128 Å². The molecule has 0 aliphatic heterocycles. The zero-order valence-corrected chi connectivity index (χ0v) is 34.8. The molecule has 0 radical (unpaired) electrons. The lowest BCUT2D eigenvalue weighted by molar-refractivity contribution is 0.667. The molecule has 0 saturated heterocycles. The molecule has 0 amide bonds. The highest BCUT2D eigenvalue weighted by Crippen LogP contribution is 2.51. The van der Waals surface area contributed by atoms with E-state index in [1.807, 2.05) is 0 Å². The van der Waals surface area contributed by atoms with E-state index in [1.54, 1.807) is 0 Å². The first-order valence-corrected chi connectivity index (χ1v) is 22.0. The largest absolute Gasteiger partial charge is 0.456 e. The number of para-hydroxylation sites is 1. The Balaban J connectivity index is 0.974. The van der Waals surface area contributed by atoms with Gasteiger partial charge < -0.3 is 9.32 Å². The van der Waals surface area contributed by atoms with Crippen molar-refractivity contribution in [2.75, 3.05) is 4.90 Å². The molecule has 298 valence electrons. The van der Waals surface area contributed by atoms with Crippen molar-refractivity contribution in [2.45, 2.75) is 18.8 Å². The number of benzene rings is 10. The van der Waals surface area contributed by atoms with Crippen molar-refractivity contribution in [3.63, 3.8) is 0 Å². The van der Waals surface area contributed by atoms with Crippen LogP contribution in [0.3, 0.4) is 0 Å². The predicted molar refractivity (Wildman–Crippen MR) is 264 cm³/mol. The van der Waals surface area contributed by atoms with Gasteiger partial charge in [0.25, 0.3) is 0 Å². The van der Waals surface area contributed by atoms with Gasteiger partial charge in [0.15, 0.2) is 0 Å². The van der Waals surface area contributed by atoms with Crippen molar-refractivity contribution in [1.82, 2.24) is 0 Å². The average molecular weight is 806 g/mol. The first kappa shape index (κ1) is 36.9. The van der Waals surface area contributed by atoms with Gasteiger partial charge in [-0.3, -0.25) is 0 Å². The van der Waals surface area contributed by atoms with Crippen LogP contribution in [0.1, 0.15) is 29.0 Å². The number of hydrogen-bond acceptors (Lipinski definition) is 2. The van der Waals surface area contributed by atoms with E-state index >= 15 is 0 Å². The second-order valence-corrected chi connectivity index (χ2v) is 16.7. The van der Waals surface area contributed by atoms with Gasteiger partial charge in [-0.2, -0.15) is 0 Å². The SMILES string of the molecule is c1ccc(-c2ccc(N(c3ccc(-c4ccccc4)cc3)c3ccc(C4CCc5cc6oc7ccccc7c6c(-c6cccc7ccccc67)c5-c5ccccc54)cc3)cc2)cc1. The molecule has 63 heavy (non-hydrogen) atoms. The van der Waals surface area contributed by atoms with Crippen LogP contribution >= 0.6 is 0 Å². The van der Waals surface area contributed by atoms with Crippen LogP contribution in [0, 0.1) is 0 Å². The lowest BCUT2D eigenvalue weighted by Gasteiger charge is -2.27. The summed E-state index contributed by atoms with van der Waals surface area (Å²) in [5.74, 6) is 0.204. The van der Waals surface area contributed by atoms with Gasteiger partial charge in [-0.15, -0.1) is 0 Å². The standard InChI is InChI=1S/C61H43NO/c1-3-14-41(15-4-1)43-26-33-48(34-27-43)62(49-35-28-44(29-36-49)42-16-5-2-6-17-42)50-37-30-46(31-38-50)52-39-32-47-40-58-60(56-23-11-12-25-57(56)63-58)61(59(47)55-22-10-9-21-53(52)55)54-24-13-19-45-18-7-8-20-51(45)54/h1-31,33-38,40,52H,32,39H2. The molecule has 1 atom stereocenters. The molecule has 2 nitrogen and oxygen atoms in total. The van der Waals surface area contributed by atoms with Crippen molar-refractivity contribution in [3.05, 3.63) is 247 Å². The third kappa shape index (κ3) is 6.51. The molecular formula is C61H43NO. The minimum Gasteiger partial charge on any atom is -0.456 e. The third-order valence-electron chi connectivity index (χ3n) is 13.1. The van der Waals surface area contributed by atoms with E-state index in [2.05, 4.69) is 235 Å². The molecule has 1 heterocycles. The summed E-state index contributed by atoms with van der Waals surface area (Å²) >= 11 is 0. The lowest BCUT2D eigenvalue weighted by atomic mass is 9.83. The second kappa shape index (κ2) is 15.5. The van der Waals surface area contributed by atoms with E-state index in [-0.39, 0.29) is 5.92 Å². The quantitative estimate of drug-likeness (QED) is 0.160. The van der Waals surface area contributed by atoms with Gasteiger partial charge >= 0.3 is 0 Å². The minimum absolute atomic E-state index is 0.204. The molecule has 12 rings (SSSR count). The Morgan fingerprint density at radius 1 is 0.397 bits per heavy atom. The first-order chi connectivity index (χ1) is 31.2. The highest BCUT2D eigenvalue weighted by Gasteiger charge is 2.29. The van der Waals surface area contributed by atoms with Crippen molar-refractivity contribution in [2.24, 2.45) is 0 Å². The summed E-state index contributed by atoms with van der Waals surface area (Å²) in [6.07, 6.45) is 1.91. The van der Waals surface area contributed by atoms with Gasteiger partial charge in [0.05, 0.1) is 0 Å². The molecule has 0 spiro atoms. The molecule has 2 heteroatoms. The fraction of sp³-hybridized carbons (Fsp3) is 0.0492. The molecule has 0 fully saturated rings. The molecule has 11 aromatic rings. The van der Waals surface area contributed by atoms with Crippen LogP contribution in [0.15, 0.2) is 235 Å². The van der Waals surface area contributed by atoms with Crippen molar-refractivity contribution >= 4 is 49.8 Å². The molecule has 1 aromatic heterocycles. The van der Waals surface area contributed by atoms with Gasteiger partial charge in [0, 0.05) is 39.3 Å². The normalized spacial score (nSPS) is 13.4. The molecular weight excluding hydrogens is 763 g/mol. The Morgan fingerprint density at radius 2 is 0.921 bits per heavy atom. The van der Waals surface area contributed by atoms with Gasteiger partial charge in [0.1, 0.15) is 11.2 Å². The van der Waals surface area contributed by atoms with Crippen LogP contribution in [0.25, 0.3) is 77.2 Å². The molecule has 1 aliphatic carbocycles. The Kier molecular flexibility index (Phi) is 9.08. The summed E-state index contributed by atoms with van der Waals surface area (Å²) in [6.45, 7) is 0. The number of aryl methyl sites for hydroxylation is 1. The number of furan rings is 1. The summed E-state index contributed by atoms with van der Waals surface area (Å²) in [5, 5.41) is 4.83. The Labute approximate surface area is 368 Å². The molecule has 0 N–H and O–H groups in total. The Bertz CT molecular complexity index is 3330. The van der Waals surface area contributed by atoms with Crippen LogP contribution in [0.4, 0.5) is 17.1 Å². The molecule has 0 saturated carbocycles. The van der Waals surface area contributed by atoms with E-state index in [4.69, 9.17) is 4.42 Å². The highest BCUT2D eigenvalue weighted by atomic mass is 16.3. The summed E-state index contributed by atoms with van der Waals surface area (Å²) in [5.41, 5.74) is 19.2. The Hall–Kier alpha value is -7.94. The number of fused-ring (bicyclic) bond motifs is 7. The molecule has 1 unspecified atom stereocenters. The molecule has 1 aliphatic rings. The van der Waals surface area contributed by atoms with Crippen molar-refractivity contribution in [1.29, 1.82) is 0 Å². The highest BCUT2D eigenvalue weighted by molar-refractivity contribution is 6.19. The number of hydrogen-bond donors (Lipinski definition) is 0. The fourth-order valence-electron chi connectivity index (χ4n) is 10.2. The van der Waals surface area contributed by atoms with E-state index in [0.717, 1.165) is 46.5 Å². The van der Waals surface area contributed by atoms with Crippen LogP contribution in [-0.4, -0.2) is 0 Å². The average Bonchev–Trinajstić information content (AvgIpc) is 3.65. The maximum atomic E-state index is 6.69. The monoisotopic (exact) mass is 805 g/mol. The lowest BCUT2D eigenvalue weighted by Crippen LogP contribution is -2.10. The maximum Gasteiger partial charge on any atom is 0.136 e. The number of anilines is 3. The van der Waals surface area contributed by atoms with Crippen LogP contribution in [0.2, 0.25) is 0 Å². The topological polar surface area (TPSA) is 16.4 Å². The first-order valence-electron chi connectivity index (χ1n) is 22.0. The predicted octanol–water partition coefficient (Wildman–Crippen LogP) is 17.0. The molecule has 0 bridgehead atoms. The fourth-order valence-corrected chi connectivity index (χ4v) is 10.2. The zero-order chi connectivity index (χ0) is 41.7. The van der Waals surface area contributed by atoms with Crippen LogP contribution < -0.4 is 4.90 Å². The maximum absolute atomic E-state index is 6.69. The molecule has 10 aromatic carbocycles. The number of nitrogens with zero attached hydrogens (tertiary/aromatic N) is 1. The third-order valence-corrected chi connectivity index (χ3v) is 13.1. The summed E-state index contributed by atoms with van der Waals surface area (Å²) in [7, 11) is 0. The van der Waals surface area contributed by atoms with E-state index in [1.165, 1.54) is 77.4 Å².